The number of nitrogens with zero attached hydrogens (tertiary/aromatic N) is 1. The SMILES string of the molecule is CNC(=O)N1CCC(c2ccsc2)C1. The lowest BCUT2D eigenvalue weighted by molar-refractivity contribution is 0.210. The highest BCUT2D eigenvalue weighted by molar-refractivity contribution is 7.07. The Morgan fingerprint density at radius 2 is 2.57 bits per heavy atom. The van der Waals surface area contributed by atoms with Crippen LogP contribution in [0.1, 0.15) is 17.9 Å². The molecule has 1 aliphatic heterocycles. The van der Waals surface area contributed by atoms with E-state index in [4.69, 9.17) is 0 Å². The van der Waals surface area contributed by atoms with Crippen LogP contribution in [0.3, 0.4) is 0 Å². The minimum Gasteiger partial charge on any atom is -0.341 e. The van der Waals surface area contributed by atoms with Crippen LogP contribution in [0.25, 0.3) is 0 Å². The van der Waals surface area contributed by atoms with Crippen molar-refractivity contribution in [1.29, 1.82) is 0 Å². The number of carbonyl (C=O) groups is 1. The third kappa shape index (κ3) is 1.75. The van der Waals surface area contributed by atoms with Gasteiger partial charge in [-0.1, -0.05) is 0 Å². The molecule has 1 fully saturated rings. The van der Waals surface area contributed by atoms with Crippen LogP contribution in [0.5, 0.6) is 0 Å². The van der Waals surface area contributed by atoms with Crippen LogP contribution in [0.2, 0.25) is 0 Å². The number of carbonyl (C=O) groups excluding carboxylic acids is 1. The van der Waals surface area contributed by atoms with Crippen molar-refractivity contribution in [3.8, 4) is 0 Å². The number of hydrogen-bond acceptors (Lipinski definition) is 2. The summed E-state index contributed by atoms with van der Waals surface area (Å²) in [4.78, 5) is 13.2. The smallest absolute Gasteiger partial charge is 0.317 e. The Balaban J connectivity index is 1.98. The zero-order valence-corrected chi connectivity index (χ0v) is 9.01. The Bertz CT molecular complexity index is 310. The highest BCUT2D eigenvalue weighted by Crippen LogP contribution is 2.28. The molecule has 2 amide bonds. The van der Waals surface area contributed by atoms with Gasteiger partial charge in [-0.05, 0) is 28.8 Å². The molecule has 1 aliphatic rings. The quantitative estimate of drug-likeness (QED) is 0.754. The molecule has 1 aromatic heterocycles. The number of amides is 2. The number of rotatable bonds is 1. The van der Waals surface area contributed by atoms with Crippen LogP contribution in [0.4, 0.5) is 4.79 Å². The first-order chi connectivity index (χ1) is 6.81. The molecule has 3 nitrogen and oxygen atoms in total. The molecular weight excluding hydrogens is 196 g/mol. The van der Waals surface area contributed by atoms with E-state index in [1.807, 2.05) is 4.90 Å². The molecule has 0 radical (unpaired) electrons. The molecule has 0 spiro atoms. The van der Waals surface area contributed by atoms with Crippen molar-refractivity contribution in [3.63, 3.8) is 0 Å². The Morgan fingerprint density at radius 3 is 3.21 bits per heavy atom. The number of urea groups is 1. The molecule has 0 aliphatic carbocycles. The lowest BCUT2D eigenvalue weighted by atomic mass is 10.0. The highest BCUT2D eigenvalue weighted by atomic mass is 32.1. The Labute approximate surface area is 87.7 Å². The third-order valence-corrected chi connectivity index (χ3v) is 3.41. The second-order valence-electron chi connectivity index (χ2n) is 3.54. The van der Waals surface area contributed by atoms with E-state index >= 15 is 0 Å². The van der Waals surface area contributed by atoms with Crippen molar-refractivity contribution in [2.75, 3.05) is 20.1 Å². The summed E-state index contributed by atoms with van der Waals surface area (Å²) in [6.45, 7) is 1.73. The maximum Gasteiger partial charge on any atom is 0.317 e. The lowest BCUT2D eigenvalue weighted by Gasteiger charge is -2.15. The van der Waals surface area contributed by atoms with Gasteiger partial charge in [-0.2, -0.15) is 11.3 Å². The van der Waals surface area contributed by atoms with Gasteiger partial charge in [0.15, 0.2) is 0 Å². The highest BCUT2D eigenvalue weighted by Gasteiger charge is 2.26. The summed E-state index contributed by atoms with van der Waals surface area (Å²) in [6.07, 6.45) is 1.09. The zero-order valence-electron chi connectivity index (χ0n) is 8.19. The first kappa shape index (κ1) is 9.52. The van der Waals surface area contributed by atoms with E-state index in [9.17, 15) is 4.79 Å². The molecule has 2 heterocycles. The van der Waals surface area contributed by atoms with Gasteiger partial charge in [-0.25, -0.2) is 4.79 Å². The normalized spacial score (nSPS) is 21.2. The molecule has 14 heavy (non-hydrogen) atoms. The van der Waals surface area contributed by atoms with Gasteiger partial charge in [0.2, 0.25) is 0 Å². The van der Waals surface area contributed by atoms with Gasteiger partial charge in [0.25, 0.3) is 0 Å². The Morgan fingerprint density at radius 1 is 1.71 bits per heavy atom. The molecule has 0 saturated carbocycles. The molecule has 1 aromatic rings. The number of thiophene rings is 1. The number of likely N-dealkylation sites (tertiary alicyclic amines) is 1. The predicted octanol–water partition coefficient (Wildman–Crippen LogP) is 1.88. The van der Waals surface area contributed by atoms with E-state index in [2.05, 4.69) is 22.1 Å². The number of nitrogens with one attached hydrogen (secondary N) is 1. The van der Waals surface area contributed by atoms with Gasteiger partial charge in [-0.3, -0.25) is 0 Å². The van der Waals surface area contributed by atoms with Gasteiger partial charge < -0.3 is 10.2 Å². The summed E-state index contributed by atoms with van der Waals surface area (Å²) in [5, 5.41) is 6.94. The van der Waals surface area contributed by atoms with Crippen LogP contribution in [0, 0.1) is 0 Å². The molecule has 76 valence electrons. The minimum absolute atomic E-state index is 0.0442. The maximum absolute atomic E-state index is 11.3. The summed E-state index contributed by atoms with van der Waals surface area (Å²) < 4.78 is 0. The Kier molecular flexibility index (Phi) is 2.72. The average Bonchev–Trinajstić information content (AvgIpc) is 2.86. The number of hydrogen-bond donors (Lipinski definition) is 1. The van der Waals surface area contributed by atoms with E-state index in [-0.39, 0.29) is 6.03 Å². The molecule has 1 unspecified atom stereocenters. The first-order valence-corrected chi connectivity index (χ1v) is 5.74. The molecule has 1 saturated heterocycles. The van der Waals surface area contributed by atoms with Crippen molar-refractivity contribution in [3.05, 3.63) is 22.4 Å². The van der Waals surface area contributed by atoms with E-state index in [1.165, 1.54) is 5.56 Å². The first-order valence-electron chi connectivity index (χ1n) is 4.80. The zero-order chi connectivity index (χ0) is 9.97. The van der Waals surface area contributed by atoms with Gasteiger partial charge in [-0.15, -0.1) is 0 Å². The van der Waals surface area contributed by atoms with E-state index < -0.39 is 0 Å². The van der Waals surface area contributed by atoms with E-state index in [0.29, 0.717) is 5.92 Å². The predicted molar refractivity (Wildman–Crippen MR) is 57.7 cm³/mol. The fourth-order valence-corrected chi connectivity index (χ4v) is 2.62. The molecule has 0 bridgehead atoms. The summed E-state index contributed by atoms with van der Waals surface area (Å²) >= 11 is 1.72. The molecule has 4 heteroatoms. The average molecular weight is 210 g/mol. The van der Waals surface area contributed by atoms with Crippen LogP contribution in [-0.4, -0.2) is 31.1 Å². The van der Waals surface area contributed by atoms with E-state index in [1.54, 1.807) is 18.4 Å². The minimum atomic E-state index is 0.0442. The van der Waals surface area contributed by atoms with Crippen molar-refractivity contribution >= 4 is 17.4 Å². The summed E-state index contributed by atoms with van der Waals surface area (Å²) in [6, 6.07) is 2.20. The Hall–Kier alpha value is -1.03. The molecular formula is C10H14N2OS. The largest absolute Gasteiger partial charge is 0.341 e. The maximum atomic E-state index is 11.3. The monoisotopic (exact) mass is 210 g/mol. The summed E-state index contributed by atoms with van der Waals surface area (Å²) in [5.41, 5.74) is 1.38. The molecule has 1 atom stereocenters. The lowest BCUT2D eigenvalue weighted by Crippen LogP contribution is -2.36. The van der Waals surface area contributed by atoms with Crippen LogP contribution < -0.4 is 5.32 Å². The third-order valence-electron chi connectivity index (χ3n) is 2.70. The molecule has 0 aromatic carbocycles. The van der Waals surface area contributed by atoms with Crippen LogP contribution in [-0.2, 0) is 0 Å². The van der Waals surface area contributed by atoms with Crippen molar-refractivity contribution in [1.82, 2.24) is 10.2 Å². The van der Waals surface area contributed by atoms with Gasteiger partial charge in [0, 0.05) is 26.1 Å². The van der Waals surface area contributed by atoms with E-state index in [0.717, 1.165) is 19.5 Å². The van der Waals surface area contributed by atoms with Crippen molar-refractivity contribution in [2.45, 2.75) is 12.3 Å². The van der Waals surface area contributed by atoms with Crippen molar-refractivity contribution < 1.29 is 4.79 Å². The van der Waals surface area contributed by atoms with Gasteiger partial charge in [0.05, 0.1) is 0 Å². The second kappa shape index (κ2) is 4.00. The topological polar surface area (TPSA) is 32.3 Å². The van der Waals surface area contributed by atoms with Crippen molar-refractivity contribution in [2.24, 2.45) is 0 Å². The molecule has 2 rings (SSSR count). The van der Waals surface area contributed by atoms with Gasteiger partial charge in [0.1, 0.15) is 0 Å². The summed E-state index contributed by atoms with van der Waals surface area (Å²) in [7, 11) is 1.68. The van der Waals surface area contributed by atoms with Crippen LogP contribution in [0.15, 0.2) is 16.8 Å². The fraction of sp³-hybridized carbons (Fsp3) is 0.500. The second-order valence-corrected chi connectivity index (χ2v) is 4.32. The fourth-order valence-electron chi connectivity index (χ4n) is 1.88. The van der Waals surface area contributed by atoms with Gasteiger partial charge >= 0.3 is 6.03 Å². The van der Waals surface area contributed by atoms with Crippen LogP contribution >= 0.6 is 11.3 Å². The molecule has 1 N–H and O–H groups in total. The standard InChI is InChI=1S/C10H14N2OS/c1-11-10(13)12-4-2-8(6-12)9-3-5-14-7-9/h3,5,7-8H,2,4,6H2,1H3,(H,11,13). The summed E-state index contributed by atoms with van der Waals surface area (Å²) in [5.74, 6) is 0.540.